The molecule has 0 radical (unpaired) electrons. The highest BCUT2D eigenvalue weighted by atomic mass is 16.5. The van der Waals surface area contributed by atoms with Gasteiger partial charge in [-0.1, -0.05) is 0 Å². The van der Waals surface area contributed by atoms with Gasteiger partial charge in [-0.25, -0.2) is 4.79 Å². The lowest BCUT2D eigenvalue weighted by Gasteiger charge is -2.12. The van der Waals surface area contributed by atoms with Crippen molar-refractivity contribution in [2.24, 2.45) is 22.2 Å². The van der Waals surface area contributed by atoms with Crippen LogP contribution >= 0.6 is 0 Å². The van der Waals surface area contributed by atoms with Crippen LogP contribution in [0.5, 0.6) is 0 Å². The summed E-state index contributed by atoms with van der Waals surface area (Å²) in [7, 11) is 0. The average molecular weight is 241 g/mol. The van der Waals surface area contributed by atoms with Gasteiger partial charge < -0.3 is 27.6 Å². The second-order valence-corrected chi connectivity index (χ2v) is 3.11. The van der Waals surface area contributed by atoms with Crippen LogP contribution < -0.4 is 22.5 Å². The van der Waals surface area contributed by atoms with Crippen LogP contribution in [0.2, 0.25) is 0 Å². The molecule has 1 atom stereocenters. The van der Waals surface area contributed by atoms with E-state index >= 15 is 0 Å². The van der Waals surface area contributed by atoms with Crippen LogP contribution in [0.3, 0.4) is 0 Å². The van der Waals surface area contributed by atoms with Crippen LogP contribution in [0.4, 0.5) is 0 Å². The Morgan fingerprint density at radius 2 is 2.00 bits per heavy atom. The van der Waals surface area contributed by atoms with E-state index in [0.717, 1.165) is 0 Å². The van der Waals surface area contributed by atoms with Crippen LogP contribution in [0.25, 0.3) is 0 Å². The molecule has 0 fully saturated rings. The van der Waals surface area contributed by atoms with Gasteiger partial charge in [0.15, 0.2) is 5.96 Å². The highest BCUT2D eigenvalue weighted by molar-refractivity contribution is 5.84. The van der Waals surface area contributed by atoms with Gasteiger partial charge in [-0.05, 0) is 12.8 Å². The Kier molecular flexibility index (Phi) is 6.61. The van der Waals surface area contributed by atoms with Gasteiger partial charge in [0.25, 0.3) is 0 Å². The first-order valence-corrected chi connectivity index (χ1v) is 4.75. The number of rotatable bonds is 7. The fourth-order valence-electron chi connectivity index (χ4n) is 1.01. The number of nitrogens with one attached hydrogen (secondary N) is 1. The molecular weight excluding hydrogens is 224 g/mol. The van der Waals surface area contributed by atoms with E-state index in [-0.39, 0.29) is 18.9 Å². The molecule has 8 nitrogen and oxygen atoms in total. The highest BCUT2D eigenvalue weighted by Crippen LogP contribution is 1.98. The zero-order valence-electron chi connectivity index (χ0n) is 8.85. The lowest BCUT2D eigenvalue weighted by molar-refractivity contribution is -0.141. The second-order valence-electron chi connectivity index (χ2n) is 3.11. The topological polar surface area (TPSA) is 157 Å². The number of guanidine groups is 1. The van der Waals surface area contributed by atoms with Crippen molar-refractivity contribution in [3.8, 4) is 0 Å². The molecule has 92 valence electrons. The monoisotopic (exact) mass is 241 g/mol. The van der Waals surface area contributed by atoms with Crippen molar-refractivity contribution in [2.45, 2.75) is 18.9 Å². The molecule has 0 unspecified atom stereocenters. The largest absolute Gasteiger partial charge is 0.480 e. The minimum atomic E-state index is -1.11. The molecule has 0 aliphatic carbocycles. The Morgan fingerprint density at radius 3 is 2.44 bits per heavy atom. The molecular formula is C8H17N5O3. The first-order valence-electron chi connectivity index (χ1n) is 4.75. The number of hydrogen-bond acceptors (Lipinski definition) is 4. The maximum absolute atomic E-state index is 10.9. The summed E-state index contributed by atoms with van der Waals surface area (Å²) in [6.45, 7) is 0.0856. The van der Waals surface area contributed by atoms with Gasteiger partial charge in [0.1, 0.15) is 6.04 Å². The highest BCUT2D eigenvalue weighted by Gasteiger charge is 2.18. The number of carbonyl (C=O) groups is 2. The number of amides is 1. The smallest absolute Gasteiger partial charge is 0.326 e. The Hall–Kier alpha value is -1.83. The number of nitrogens with two attached hydrogens (primary N) is 3. The van der Waals surface area contributed by atoms with Gasteiger partial charge in [0, 0.05) is 6.54 Å². The Labute approximate surface area is 92.9 Å². The number of nitrogens with zero attached hydrogens (tertiary/aromatic N) is 1. The zero-order valence-corrected chi connectivity index (χ0v) is 8.85. The molecule has 0 spiro atoms. The van der Waals surface area contributed by atoms with Crippen molar-refractivity contribution in [1.29, 1.82) is 0 Å². The summed E-state index contributed by atoms with van der Waals surface area (Å²) in [6.07, 6.45) is 0.706. The summed E-state index contributed by atoms with van der Waals surface area (Å²) in [5.41, 5.74) is 15.2. The average Bonchev–Trinajstić information content (AvgIpc) is 2.21. The summed E-state index contributed by atoms with van der Waals surface area (Å²) in [5.74, 6) is -1.65. The fourth-order valence-corrected chi connectivity index (χ4v) is 1.01. The number of hydrogen-bond donors (Lipinski definition) is 5. The number of carbonyl (C=O) groups excluding carboxylic acids is 1. The second kappa shape index (κ2) is 7.46. The molecule has 0 saturated heterocycles. The van der Waals surface area contributed by atoms with E-state index in [1.54, 1.807) is 0 Å². The molecule has 8 N–H and O–H groups in total. The molecule has 0 heterocycles. The lowest BCUT2D eigenvalue weighted by atomic mass is 10.7. The Bertz CT molecular complexity index is 275. The number of aliphatic carboxylic acids is 1. The van der Waals surface area contributed by atoms with Gasteiger partial charge in [-0.15, -0.1) is 0 Å². The molecule has 0 aliphatic heterocycles. The number of carboxylic acid groups (broad SMARTS) is 1. The summed E-state index contributed by atoms with van der Waals surface area (Å²) in [4.78, 5) is 25.3. The van der Waals surface area contributed by atoms with Gasteiger partial charge in [-0.3, -0.25) is 9.79 Å². The summed E-state index contributed by atoms with van der Waals surface area (Å²) < 4.78 is 0. The van der Waals surface area contributed by atoms with E-state index in [0.29, 0.717) is 13.0 Å². The molecule has 0 aromatic carbocycles. The molecule has 0 aromatic heterocycles. The molecule has 8 heteroatoms. The molecule has 1 amide bonds. The summed E-state index contributed by atoms with van der Waals surface area (Å²) in [6, 6.07) is -0.953. The predicted molar refractivity (Wildman–Crippen MR) is 58.5 cm³/mol. The van der Waals surface area contributed by atoms with E-state index in [2.05, 4.69) is 10.3 Å². The maximum atomic E-state index is 10.9. The Morgan fingerprint density at radius 1 is 1.38 bits per heavy atom. The van der Waals surface area contributed by atoms with Crippen molar-refractivity contribution in [1.82, 2.24) is 5.32 Å². The van der Waals surface area contributed by atoms with Crippen molar-refractivity contribution in [2.75, 3.05) is 13.1 Å². The molecule has 16 heavy (non-hydrogen) atoms. The molecule has 0 bridgehead atoms. The minimum Gasteiger partial charge on any atom is -0.480 e. The van der Waals surface area contributed by atoms with Gasteiger partial charge in [-0.2, -0.15) is 0 Å². The van der Waals surface area contributed by atoms with Crippen molar-refractivity contribution >= 4 is 17.8 Å². The SMILES string of the molecule is NCC(=O)[15NH][13C@@H]([13CH2][13CH2][13CH2][15N]=[13C]([15NH2])[15NH2])[13C](=O)O. The predicted octanol–water partition coefficient (Wildman–Crippen LogP) is -2.43. The van der Waals surface area contributed by atoms with Gasteiger partial charge >= 0.3 is 5.97 Å². The van der Waals surface area contributed by atoms with E-state index < -0.39 is 17.9 Å². The third-order valence-corrected chi connectivity index (χ3v) is 1.76. The van der Waals surface area contributed by atoms with Crippen molar-refractivity contribution in [3.63, 3.8) is 0 Å². The quantitative estimate of drug-likeness (QED) is 0.110. The van der Waals surface area contributed by atoms with E-state index in [1.165, 1.54) is 0 Å². The molecule has 0 aliphatic rings. The summed E-state index contributed by atoms with van der Waals surface area (Å²) in [5, 5.41) is 11.1. The third-order valence-electron chi connectivity index (χ3n) is 1.76. The number of aliphatic imine (C=N–C) groups is 1. The van der Waals surface area contributed by atoms with E-state index in [9.17, 15) is 9.59 Å². The fraction of sp³-hybridized carbons (Fsp3) is 0.625. The van der Waals surface area contributed by atoms with Crippen LogP contribution in [-0.2, 0) is 9.59 Å². The van der Waals surface area contributed by atoms with Crippen molar-refractivity contribution in [3.05, 3.63) is 0 Å². The minimum absolute atomic E-state index is 0.0436. The van der Waals surface area contributed by atoms with Crippen LogP contribution in [0.15, 0.2) is 4.99 Å². The first-order chi connectivity index (χ1) is 7.47. The summed E-state index contributed by atoms with van der Waals surface area (Å²) >= 11 is 0. The maximum Gasteiger partial charge on any atom is 0.326 e. The third kappa shape index (κ3) is 6.60. The first kappa shape index (κ1) is 14.2. The zero-order chi connectivity index (χ0) is 12.6. The van der Waals surface area contributed by atoms with Crippen LogP contribution in [-0.4, -0.2) is 42.1 Å². The standard InChI is InChI=1S/C8H17N5O3/c9-4-6(14)13-5(7(15)16)2-1-3-12-8(10)11/h5H,1-4,9H2,(H,13,14)(H,15,16)(H4,10,11,12)/t5-/m0/s1/i1+1,2+1,3+1,5+1,7+1,8+1,10+1,11+1,12+1,13+1. The van der Waals surface area contributed by atoms with Crippen LogP contribution in [0.1, 0.15) is 12.8 Å². The molecule has 0 aromatic rings. The molecule has 0 saturated carbocycles. The van der Waals surface area contributed by atoms with Crippen molar-refractivity contribution < 1.29 is 14.7 Å². The number of carboxylic acids is 1. The molecule has 0 rings (SSSR count). The van der Waals surface area contributed by atoms with Gasteiger partial charge in [0.05, 0.1) is 6.54 Å². The Balaban J connectivity index is 4.00. The van der Waals surface area contributed by atoms with Gasteiger partial charge in [0.2, 0.25) is 5.91 Å². The van der Waals surface area contributed by atoms with E-state index in [1.807, 2.05) is 0 Å². The lowest BCUT2D eigenvalue weighted by Crippen LogP contribution is -2.43. The normalized spacial score (nSPS) is 11.6. The van der Waals surface area contributed by atoms with E-state index in [4.69, 9.17) is 22.3 Å². The van der Waals surface area contributed by atoms with Crippen LogP contribution in [0, 0.1) is 0 Å².